The monoisotopic (exact) mass is 382 g/mol. The summed E-state index contributed by atoms with van der Waals surface area (Å²) in [6.07, 6.45) is 4.99. The lowest BCUT2D eigenvalue weighted by molar-refractivity contribution is -0.385. The molecule has 2 heterocycles. The first-order valence-corrected chi connectivity index (χ1v) is 9.44. The molecule has 0 saturated carbocycles. The van der Waals surface area contributed by atoms with Crippen molar-refractivity contribution in [3.8, 4) is 11.3 Å². The van der Waals surface area contributed by atoms with Gasteiger partial charge in [0, 0.05) is 35.8 Å². The van der Waals surface area contributed by atoms with Crippen LogP contribution < -0.4 is 10.6 Å². The van der Waals surface area contributed by atoms with Crippen LogP contribution in [0.25, 0.3) is 11.3 Å². The molecule has 0 atom stereocenters. The van der Waals surface area contributed by atoms with Gasteiger partial charge >= 0.3 is 0 Å². The van der Waals surface area contributed by atoms with Crippen molar-refractivity contribution in [3.63, 3.8) is 0 Å². The molecule has 0 spiro atoms. The number of hydrogen-bond acceptors (Lipinski definition) is 8. The Morgan fingerprint density at radius 3 is 2.48 bits per heavy atom. The van der Waals surface area contributed by atoms with Crippen molar-refractivity contribution in [2.24, 2.45) is 0 Å². The van der Waals surface area contributed by atoms with Crippen LogP contribution >= 0.6 is 11.8 Å². The molecule has 0 saturated heterocycles. The summed E-state index contributed by atoms with van der Waals surface area (Å²) in [6.45, 7) is 1.15. The van der Waals surface area contributed by atoms with E-state index in [9.17, 15) is 10.1 Å². The number of aromatic nitrogens is 3. The molecule has 0 aliphatic heterocycles. The zero-order valence-electron chi connectivity index (χ0n) is 14.6. The predicted molar refractivity (Wildman–Crippen MR) is 107 cm³/mol. The van der Waals surface area contributed by atoms with Gasteiger partial charge in [-0.2, -0.15) is 0 Å². The Morgan fingerprint density at radius 2 is 1.81 bits per heavy atom. The van der Waals surface area contributed by atoms with Crippen molar-refractivity contribution in [2.75, 3.05) is 30.0 Å². The third-order valence-electron chi connectivity index (χ3n) is 3.71. The van der Waals surface area contributed by atoms with Crippen molar-refractivity contribution in [3.05, 3.63) is 65.0 Å². The Bertz CT molecular complexity index is 902. The highest BCUT2D eigenvalue weighted by molar-refractivity contribution is 7.98. The Hall–Kier alpha value is -3.20. The standard InChI is InChI=1S/C18H18N6O2S/c1-27-15-5-2-13(3-6-15)16-8-9-20-18(23-16)21-11-10-19-17-7-4-14(12-22-17)24(25)26/h2-9,12H,10-11H2,1H3,(H,19,22)(H,20,21,23). The van der Waals surface area contributed by atoms with E-state index < -0.39 is 4.92 Å². The summed E-state index contributed by atoms with van der Waals surface area (Å²) in [4.78, 5) is 24.1. The maximum absolute atomic E-state index is 10.6. The van der Waals surface area contributed by atoms with Crippen LogP contribution in [0, 0.1) is 10.1 Å². The quantitative estimate of drug-likeness (QED) is 0.263. The second-order valence-electron chi connectivity index (χ2n) is 5.51. The summed E-state index contributed by atoms with van der Waals surface area (Å²) in [5, 5.41) is 16.8. The van der Waals surface area contributed by atoms with E-state index in [2.05, 4.69) is 37.7 Å². The van der Waals surface area contributed by atoms with Crippen LogP contribution in [0.3, 0.4) is 0 Å². The van der Waals surface area contributed by atoms with Crippen LogP contribution in [0.2, 0.25) is 0 Å². The molecule has 27 heavy (non-hydrogen) atoms. The molecule has 0 aliphatic rings. The van der Waals surface area contributed by atoms with Crippen molar-refractivity contribution >= 4 is 29.2 Å². The molecule has 2 aromatic heterocycles. The fourth-order valence-corrected chi connectivity index (χ4v) is 2.74. The lowest BCUT2D eigenvalue weighted by Crippen LogP contribution is -2.15. The maximum Gasteiger partial charge on any atom is 0.287 e. The van der Waals surface area contributed by atoms with E-state index in [0.717, 1.165) is 11.3 Å². The van der Waals surface area contributed by atoms with Gasteiger partial charge in [0.05, 0.1) is 10.6 Å². The van der Waals surface area contributed by atoms with Crippen LogP contribution in [0.4, 0.5) is 17.5 Å². The minimum absolute atomic E-state index is 0.0329. The zero-order valence-corrected chi connectivity index (χ0v) is 15.4. The summed E-state index contributed by atoms with van der Waals surface area (Å²) in [5.74, 6) is 1.12. The van der Waals surface area contributed by atoms with Crippen molar-refractivity contribution in [1.29, 1.82) is 0 Å². The third kappa shape index (κ3) is 5.14. The summed E-state index contributed by atoms with van der Waals surface area (Å²) < 4.78 is 0. The highest BCUT2D eigenvalue weighted by Crippen LogP contribution is 2.21. The largest absolute Gasteiger partial charge is 0.368 e. The maximum atomic E-state index is 10.6. The fourth-order valence-electron chi connectivity index (χ4n) is 2.33. The Morgan fingerprint density at radius 1 is 1.04 bits per heavy atom. The molecule has 0 aliphatic carbocycles. The van der Waals surface area contributed by atoms with Crippen LogP contribution in [-0.2, 0) is 0 Å². The van der Waals surface area contributed by atoms with Crippen LogP contribution in [0.5, 0.6) is 0 Å². The van der Waals surface area contributed by atoms with Gasteiger partial charge in [-0.25, -0.2) is 15.0 Å². The van der Waals surface area contributed by atoms with E-state index in [1.807, 2.05) is 24.5 Å². The van der Waals surface area contributed by atoms with Crippen molar-refractivity contribution in [2.45, 2.75) is 4.90 Å². The predicted octanol–water partition coefficient (Wildman–Crippen LogP) is 3.69. The first-order valence-electron chi connectivity index (χ1n) is 8.21. The van der Waals surface area contributed by atoms with Gasteiger partial charge in [0.25, 0.3) is 5.69 Å². The minimum Gasteiger partial charge on any atom is -0.368 e. The second kappa shape index (κ2) is 8.95. The summed E-state index contributed by atoms with van der Waals surface area (Å²) in [7, 11) is 0. The molecule has 0 amide bonds. The normalized spacial score (nSPS) is 10.4. The molecule has 0 unspecified atom stereocenters. The highest BCUT2D eigenvalue weighted by Gasteiger charge is 2.05. The highest BCUT2D eigenvalue weighted by atomic mass is 32.2. The molecule has 9 heteroatoms. The van der Waals surface area contributed by atoms with Gasteiger partial charge in [0.2, 0.25) is 5.95 Å². The summed E-state index contributed by atoms with van der Waals surface area (Å²) in [5.41, 5.74) is 1.85. The van der Waals surface area contributed by atoms with E-state index in [-0.39, 0.29) is 5.69 Å². The molecule has 3 aromatic rings. The van der Waals surface area contributed by atoms with E-state index in [1.165, 1.54) is 17.2 Å². The lowest BCUT2D eigenvalue weighted by Gasteiger charge is -2.08. The van der Waals surface area contributed by atoms with Crippen molar-refractivity contribution < 1.29 is 4.92 Å². The van der Waals surface area contributed by atoms with Gasteiger partial charge in [-0.15, -0.1) is 11.8 Å². The van der Waals surface area contributed by atoms with E-state index in [0.29, 0.717) is 24.9 Å². The SMILES string of the molecule is CSc1ccc(-c2ccnc(NCCNc3ccc([N+](=O)[O-])cn3)n2)cc1. The van der Waals surface area contributed by atoms with E-state index in [1.54, 1.807) is 24.0 Å². The van der Waals surface area contributed by atoms with Gasteiger partial charge in [-0.3, -0.25) is 10.1 Å². The van der Waals surface area contributed by atoms with Crippen LogP contribution in [0.15, 0.2) is 59.8 Å². The molecule has 3 rings (SSSR count). The lowest BCUT2D eigenvalue weighted by atomic mass is 10.1. The Balaban J connectivity index is 1.53. The smallest absolute Gasteiger partial charge is 0.287 e. The topological polar surface area (TPSA) is 106 Å². The number of anilines is 2. The number of nitro groups is 1. The number of hydrogen-bond donors (Lipinski definition) is 2. The number of nitrogens with one attached hydrogen (secondary N) is 2. The number of thioether (sulfide) groups is 1. The summed E-state index contributed by atoms with van der Waals surface area (Å²) in [6, 6.07) is 13.1. The van der Waals surface area contributed by atoms with Gasteiger partial charge in [-0.05, 0) is 30.5 Å². The summed E-state index contributed by atoms with van der Waals surface area (Å²) >= 11 is 1.70. The van der Waals surface area contributed by atoms with E-state index >= 15 is 0 Å². The molecular weight excluding hydrogens is 364 g/mol. The van der Waals surface area contributed by atoms with Crippen LogP contribution in [-0.4, -0.2) is 39.2 Å². The van der Waals surface area contributed by atoms with Crippen molar-refractivity contribution in [1.82, 2.24) is 15.0 Å². The van der Waals surface area contributed by atoms with Gasteiger partial charge < -0.3 is 10.6 Å². The van der Waals surface area contributed by atoms with Gasteiger partial charge in [-0.1, -0.05) is 12.1 Å². The fraction of sp³-hybridized carbons (Fsp3) is 0.167. The second-order valence-corrected chi connectivity index (χ2v) is 6.39. The van der Waals surface area contributed by atoms with E-state index in [4.69, 9.17) is 0 Å². The number of nitrogens with zero attached hydrogens (tertiary/aromatic N) is 4. The third-order valence-corrected chi connectivity index (χ3v) is 4.46. The molecule has 0 bridgehead atoms. The number of benzene rings is 1. The average Bonchev–Trinajstić information content (AvgIpc) is 2.72. The first kappa shape index (κ1) is 18.6. The van der Waals surface area contributed by atoms with Crippen LogP contribution in [0.1, 0.15) is 0 Å². The molecular formula is C18H18N6O2S. The number of rotatable bonds is 8. The zero-order chi connectivity index (χ0) is 19.1. The van der Waals surface area contributed by atoms with Gasteiger partial charge in [0.15, 0.2) is 0 Å². The molecule has 0 fully saturated rings. The first-order chi connectivity index (χ1) is 13.2. The Labute approximate surface area is 160 Å². The molecule has 0 radical (unpaired) electrons. The molecule has 8 nitrogen and oxygen atoms in total. The number of pyridine rings is 1. The average molecular weight is 382 g/mol. The molecule has 2 N–H and O–H groups in total. The molecule has 1 aromatic carbocycles. The van der Waals surface area contributed by atoms with Gasteiger partial charge in [0.1, 0.15) is 12.0 Å². The molecule has 138 valence electrons. The Kier molecular flexibility index (Phi) is 6.16. The minimum atomic E-state index is -0.475.